The number of unbranched alkanes of at least 4 members (excludes halogenated alkanes) is 21. The fourth-order valence-electron chi connectivity index (χ4n) is 8.81. The van der Waals surface area contributed by atoms with Crippen molar-refractivity contribution >= 4 is 11.4 Å². The van der Waals surface area contributed by atoms with Crippen LogP contribution in [0.25, 0.3) is 0 Å². The summed E-state index contributed by atoms with van der Waals surface area (Å²) in [5.74, 6) is 0. The molecular formula is C56H84N2. The molecule has 0 aromatic heterocycles. The van der Waals surface area contributed by atoms with Gasteiger partial charge in [-0.25, -0.2) is 0 Å². The summed E-state index contributed by atoms with van der Waals surface area (Å²) in [5, 5.41) is 0. The van der Waals surface area contributed by atoms with E-state index >= 15 is 0 Å². The molecule has 0 unspecified atom stereocenters. The van der Waals surface area contributed by atoms with Gasteiger partial charge < -0.3 is 11.5 Å². The SMILES string of the molecule is CCCCCCCc1cc(CCCCCCCCCCCCCCCCc2ccc(Cc3ccc(N)cc3)c(CCCCCCC)c2)ccc1Cc1ccc(N)cc1. The molecule has 0 aliphatic carbocycles. The normalized spacial score (nSPS) is 11.4. The maximum atomic E-state index is 5.95. The number of benzene rings is 4. The van der Waals surface area contributed by atoms with Crippen LogP contribution in [-0.4, -0.2) is 0 Å². The van der Waals surface area contributed by atoms with Crippen molar-refractivity contribution in [3.63, 3.8) is 0 Å². The Bertz CT molecular complexity index is 1490. The molecule has 2 nitrogen and oxygen atoms in total. The van der Waals surface area contributed by atoms with Gasteiger partial charge in [-0.15, -0.1) is 0 Å². The van der Waals surface area contributed by atoms with Gasteiger partial charge in [0.05, 0.1) is 0 Å². The third-order valence-corrected chi connectivity index (χ3v) is 12.6. The molecule has 318 valence electrons. The number of aryl methyl sites for hydroxylation is 4. The third-order valence-electron chi connectivity index (χ3n) is 12.6. The molecule has 0 radical (unpaired) electrons. The van der Waals surface area contributed by atoms with Gasteiger partial charge >= 0.3 is 0 Å². The summed E-state index contributed by atoms with van der Waals surface area (Å²) in [6.45, 7) is 4.60. The van der Waals surface area contributed by atoms with Gasteiger partial charge in [-0.1, -0.05) is 203 Å². The van der Waals surface area contributed by atoms with Gasteiger partial charge in [-0.05, 0) is 133 Å². The lowest BCUT2D eigenvalue weighted by molar-refractivity contribution is 0.533. The first-order chi connectivity index (χ1) is 28.5. The lowest BCUT2D eigenvalue weighted by Gasteiger charge is -2.13. The van der Waals surface area contributed by atoms with E-state index in [4.69, 9.17) is 11.5 Å². The fourth-order valence-corrected chi connectivity index (χ4v) is 8.81. The zero-order chi connectivity index (χ0) is 40.9. The molecular weight excluding hydrogens is 701 g/mol. The fraction of sp³-hybridized carbons (Fsp3) is 0.571. The Morgan fingerprint density at radius 1 is 0.276 bits per heavy atom. The van der Waals surface area contributed by atoms with Gasteiger partial charge in [0.25, 0.3) is 0 Å². The van der Waals surface area contributed by atoms with Crippen LogP contribution < -0.4 is 11.5 Å². The van der Waals surface area contributed by atoms with E-state index in [1.165, 1.54) is 202 Å². The van der Waals surface area contributed by atoms with Crippen molar-refractivity contribution in [3.05, 3.63) is 129 Å². The summed E-state index contributed by atoms with van der Waals surface area (Å²) >= 11 is 0. The molecule has 0 saturated carbocycles. The average molecular weight is 785 g/mol. The van der Waals surface area contributed by atoms with E-state index in [1.54, 1.807) is 22.3 Å². The second-order valence-electron chi connectivity index (χ2n) is 17.8. The van der Waals surface area contributed by atoms with Crippen molar-refractivity contribution in [1.29, 1.82) is 0 Å². The molecule has 0 heterocycles. The highest BCUT2D eigenvalue weighted by molar-refractivity contribution is 5.43. The quantitative estimate of drug-likeness (QED) is 0.0373. The second kappa shape index (κ2) is 29.7. The van der Waals surface area contributed by atoms with E-state index in [2.05, 4.69) is 74.5 Å². The average Bonchev–Trinajstić information content (AvgIpc) is 3.23. The number of nitrogens with two attached hydrogens (primary N) is 2. The second-order valence-corrected chi connectivity index (χ2v) is 17.8. The van der Waals surface area contributed by atoms with Crippen LogP contribution in [0.5, 0.6) is 0 Å². The molecule has 58 heavy (non-hydrogen) atoms. The van der Waals surface area contributed by atoms with Crippen LogP contribution >= 0.6 is 0 Å². The van der Waals surface area contributed by atoms with E-state index < -0.39 is 0 Å². The van der Waals surface area contributed by atoms with Crippen LogP contribution in [0.15, 0.2) is 84.9 Å². The van der Waals surface area contributed by atoms with Crippen molar-refractivity contribution < 1.29 is 0 Å². The van der Waals surface area contributed by atoms with Crippen LogP contribution in [0.2, 0.25) is 0 Å². The molecule has 0 fully saturated rings. The Hall–Kier alpha value is -3.52. The van der Waals surface area contributed by atoms with Crippen molar-refractivity contribution in [3.8, 4) is 0 Å². The number of anilines is 2. The summed E-state index contributed by atoms with van der Waals surface area (Å²) in [7, 11) is 0. The Morgan fingerprint density at radius 2 is 0.552 bits per heavy atom. The van der Waals surface area contributed by atoms with Gasteiger partial charge in [-0.3, -0.25) is 0 Å². The van der Waals surface area contributed by atoms with E-state index in [-0.39, 0.29) is 0 Å². The highest BCUT2D eigenvalue weighted by Crippen LogP contribution is 2.24. The summed E-state index contributed by atoms with van der Waals surface area (Å²) in [6, 6.07) is 31.6. The highest BCUT2D eigenvalue weighted by atomic mass is 14.5. The summed E-state index contributed by atoms with van der Waals surface area (Å²) in [5.41, 5.74) is 25.5. The number of hydrogen-bond donors (Lipinski definition) is 2. The summed E-state index contributed by atoms with van der Waals surface area (Å²) in [4.78, 5) is 0. The minimum absolute atomic E-state index is 0.848. The molecule has 0 aliphatic heterocycles. The Morgan fingerprint density at radius 3 is 0.879 bits per heavy atom. The van der Waals surface area contributed by atoms with Crippen LogP contribution in [0.1, 0.15) is 212 Å². The van der Waals surface area contributed by atoms with Gasteiger partial charge in [0, 0.05) is 11.4 Å². The van der Waals surface area contributed by atoms with E-state index in [9.17, 15) is 0 Å². The minimum atomic E-state index is 0.848. The molecule has 0 atom stereocenters. The lowest BCUT2D eigenvalue weighted by Crippen LogP contribution is -1.99. The maximum absolute atomic E-state index is 5.95. The van der Waals surface area contributed by atoms with E-state index in [1.807, 2.05) is 24.3 Å². The van der Waals surface area contributed by atoms with Crippen LogP contribution in [0.3, 0.4) is 0 Å². The number of hydrogen-bond acceptors (Lipinski definition) is 2. The zero-order valence-electron chi connectivity index (χ0n) is 37.5. The first-order valence-electron chi connectivity index (χ1n) is 24.4. The molecule has 4 rings (SSSR count). The molecule has 0 bridgehead atoms. The highest BCUT2D eigenvalue weighted by Gasteiger charge is 2.09. The standard InChI is InChI=1S/C56H84N2/c1-3-5-7-19-25-29-51-43-47(31-37-53(51)45-49-33-39-55(57)40-34-49)27-23-21-17-15-13-11-9-10-12-14-16-18-22-24-28-48-32-38-54(46-50-35-41-56(58)42-36-50)52(44-48)30-26-20-8-6-4-2/h31-44H,3-30,45-46,57-58H2,1-2H3. The minimum Gasteiger partial charge on any atom is -0.399 e. The number of rotatable bonds is 33. The molecule has 0 saturated heterocycles. The maximum Gasteiger partial charge on any atom is 0.0314 e. The Kier molecular flexibility index (Phi) is 24.1. The predicted octanol–water partition coefficient (Wildman–Crippen LogP) is 16.3. The van der Waals surface area contributed by atoms with E-state index in [0.717, 1.165) is 24.2 Å². The van der Waals surface area contributed by atoms with Crippen LogP contribution in [0.4, 0.5) is 11.4 Å². The first kappa shape index (κ1) is 47.2. The topological polar surface area (TPSA) is 52.0 Å². The van der Waals surface area contributed by atoms with Crippen LogP contribution in [-0.2, 0) is 38.5 Å². The molecule has 0 amide bonds. The van der Waals surface area contributed by atoms with Gasteiger partial charge in [0.15, 0.2) is 0 Å². The molecule has 2 heteroatoms. The summed E-state index contributed by atoms with van der Waals surface area (Å²) in [6.07, 6.45) is 39.9. The Labute approximate surface area is 357 Å². The predicted molar refractivity (Wildman–Crippen MR) is 257 cm³/mol. The Balaban J connectivity index is 1.02. The van der Waals surface area contributed by atoms with Crippen molar-refractivity contribution in [1.82, 2.24) is 0 Å². The van der Waals surface area contributed by atoms with Crippen LogP contribution in [0, 0.1) is 0 Å². The van der Waals surface area contributed by atoms with Gasteiger partial charge in [-0.2, -0.15) is 0 Å². The van der Waals surface area contributed by atoms with Gasteiger partial charge in [0.2, 0.25) is 0 Å². The zero-order valence-corrected chi connectivity index (χ0v) is 37.5. The molecule has 0 spiro atoms. The third kappa shape index (κ3) is 20.0. The molecule has 4 N–H and O–H groups in total. The smallest absolute Gasteiger partial charge is 0.0314 e. The first-order valence-corrected chi connectivity index (χ1v) is 24.4. The molecule has 4 aromatic rings. The number of nitrogen functional groups attached to an aromatic ring is 2. The molecule has 4 aromatic carbocycles. The molecule has 0 aliphatic rings. The monoisotopic (exact) mass is 785 g/mol. The van der Waals surface area contributed by atoms with Crippen molar-refractivity contribution in [2.75, 3.05) is 11.5 Å². The largest absolute Gasteiger partial charge is 0.399 e. The van der Waals surface area contributed by atoms with Gasteiger partial charge in [0.1, 0.15) is 0 Å². The summed E-state index contributed by atoms with van der Waals surface area (Å²) < 4.78 is 0. The van der Waals surface area contributed by atoms with Crippen molar-refractivity contribution in [2.45, 2.75) is 206 Å². The van der Waals surface area contributed by atoms with E-state index in [0.29, 0.717) is 0 Å². The van der Waals surface area contributed by atoms with Crippen molar-refractivity contribution in [2.24, 2.45) is 0 Å². The lowest BCUT2D eigenvalue weighted by atomic mass is 9.92.